The van der Waals surface area contributed by atoms with E-state index < -0.39 is 0 Å². The van der Waals surface area contributed by atoms with Crippen LogP contribution in [0.4, 0.5) is 0 Å². The smallest absolute Gasteiger partial charge is 0.267 e. The molecule has 0 radical (unpaired) electrons. The van der Waals surface area contributed by atoms with E-state index in [1.54, 1.807) is 11.8 Å². The minimum absolute atomic E-state index is 0.164. The summed E-state index contributed by atoms with van der Waals surface area (Å²) in [6.07, 6.45) is 16.3. The number of nitrogens with zero attached hydrogens (tertiary/aromatic N) is 3. The van der Waals surface area contributed by atoms with Gasteiger partial charge in [0.05, 0.1) is 10.9 Å². The van der Waals surface area contributed by atoms with Crippen LogP contribution in [0.15, 0.2) is 28.2 Å². The molecule has 1 saturated heterocycles. The Morgan fingerprint density at radius 3 is 2.42 bits per heavy atom. The van der Waals surface area contributed by atoms with Gasteiger partial charge in [-0.05, 0) is 55.7 Å². The molecule has 1 aromatic heterocycles. The normalized spacial score (nSPS) is 26.3. The number of thioether (sulfide) groups is 1. The molecule has 1 amide bonds. The van der Waals surface area contributed by atoms with Crippen molar-refractivity contribution < 1.29 is 4.79 Å². The Morgan fingerprint density at radius 2 is 1.77 bits per heavy atom. The van der Waals surface area contributed by atoms with Gasteiger partial charge in [-0.25, -0.2) is 0 Å². The molecule has 0 N–H and O–H groups in total. The summed E-state index contributed by atoms with van der Waals surface area (Å²) in [5.41, 5.74) is 1.07. The summed E-state index contributed by atoms with van der Waals surface area (Å²) in [7, 11) is 2.02. The van der Waals surface area contributed by atoms with Gasteiger partial charge in [0.25, 0.3) is 5.91 Å². The summed E-state index contributed by atoms with van der Waals surface area (Å²) in [6.45, 7) is 0. The molecule has 2 saturated carbocycles. The molecular weight excluding hydrogens is 342 g/mol. The largest absolute Gasteiger partial charge is 0.351 e. The van der Waals surface area contributed by atoms with Gasteiger partial charge in [0.15, 0.2) is 5.17 Å². The molecule has 5 heteroatoms. The molecule has 0 bridgehead atoms. The number of aliphatic imine (C=N–C) groups is 1. The average molecular weight is 372 g/mol. The molecule has 3 aliphatic rings. The van der Waals surface area contributed by atoms with Crippen molar-refractivity contribution in [3.8, 4) is 0 Å². The van der Waals surface area contributed by atoms with Crippen LogP contribution >= 0.6 is 11.8 Å². The summed E-state index contributed by atoms with van der Waals surface area (Å²) >= 11 is 1.60. The van der Waals surface area contributed by atoms with Crippen LogP contribution in [-0.4, -0.2) is 32.6 Å². The highest BCUT2D eigenvalue weighted by Crippen LogP contribution is 2.38. The number of carbonyl (C=O) groups is 1. The molecule has 1 aromatic rings. The highest BCUT2D eigenvalue weighted by molar-refractivity contribution is 8.18. The molecule has 0 atom stereocenters. The number of aryl methyl sites for hydroxylation is 1. The highest BCUT2D eigenvalue weighted by atomic mass is 32.2. The minimum Gasteiger partial charge on any atom is -0.351 e. The molecule has 0 spiro atoms. The summed E-state index contributed by atoms with van der Waals surface area (Å²) in [5, 5.41) is 0.967. The monoisotopic (exact) mass is 371 g/mol. The van der Waals surface area contributed by atoms with Crippen LogP contribution in [0, 0.1) is 0 Å². The standard InChI is InChI=1S/C21H29N3OS/c1-23-14-8-13-18(23)15-19-20(25)24(17-11-6-3-7-12-17)21(26-19)22-16-9-4-2-5-10-16/h8,13-17H,2-7,9-12H2,1H3/b19-15-,22-21?. The van der Waals surface area contributed by atoms with E-state index in [1.807, 2.05) is 30.3 Å². The number of hydrogen-bond acceptors (Lipinski definition) is 3. The van der Waals surface area contributed by atoms with E-state index in [2.05, 4.69) is 10.6 Å². The van der Waals surface area contributed by atoms with Crippen LogP contribution < -0.4 is 0 Å². The van der Waals surface area contributed by atoms with Crippen LogP contribution in [0.25, 0.3) is 6.08 Å². The quantitative estimate of drug-likeness (QED) is 0.704. The summed E-state index contributed by atoms with van der Waals surface area (Å²) in [6, 6.07) is 4.82. The highest BCUT2D eigenvalue weighted by Gasteiger charge is 2.39. The van der Waals surface area contributed by atoms with Crippen molar-refractivity contribution >= 4 is 28.9 Å². The van der Waals surface area contributed by atoms with Crippen LogP contribution in [0.2, 0.25) is 0 Å². The summed E-state index contributed by atoms with van der Waals surface area (Å²) in [5.74, 6) is 0.164. The zero-order valence-electron chi connectivity index (χ0n) is 15.7. The van der Waals surface area contributed by atoms with E-state index in [0.29, 0.717) is 12.1 Å². The van der Waals surface area contributed by atoms with Crippen molar-refractivity contribution in [1.82, 2.24) is 9.47 Å². The second-order valence-corrected chi connectivity index (χ2v) is 8.83. The van der Waals surface area contributed by atoms with Gasteiger partial charge in [-0.2, -0.15) is 0 Å². The molecule has 1 aliphatic heterocycles. The number of amides is 1. The van der Waals surface area contributed by atoms with E-state index in [0.717, 1.165) is 28.6 Å². The number of carbonyl (C=O) groups excluding carboxylic acids is 1. The Balaban J connectivity index is 1.63. The van der Waals surface area contributed by atoms with Crippen LogP contribution in [0.5, 0.6) is 0 Å². The number of amidine groups is 1. The first kappa shape index (κ1) is 17.9. The molecule has 140 valence electrons. The Hall–Kier alpha value is -1.49. The first-order chi connectivity index (χ1) is 12.7. The first-order valence-electron chi connectivity index (χ1n) is 10.1. The lowest BCUT2D eigenvalue weighted by Gasteiger charge is -2.31. The van der Waals surface area contributed by atoms with Gasteiger partial charge in [0.1, 0.15) is 0 Å². The first-order valence-corrected chi connectivity index (χ1v) is 11.0. The molecule has 0 aromatic carbocycles. The lowest BCUT2D eigenvalue weighted by atomic mass is 9.94. The molecule has 26 heavy (non-hydrogen) atoms. The number of hydrogen-bond donors (Lipinski definition) is 0. The Bertz CT molecular complexity index is 709. The number of rotatable bonds is 3. The number of aromatic nitrogens is 1. The third kappa shape index (κ3) is 3.78. The minimum atomic E-state index is 0.164. The van der Waals surface area contributed by atoms with E-state index in [-0.39, 0.29) is 5.91 Å². The van der Waals surface area contributed by atoms with Gasteiger partial charge >= 0.3 is 0 Å². The predicted octanol–water partition coefficient (Wildman–Crippen LogP) is 4.96. The third-order valence-electron chi connectivity index (χ3n) is 5.91. The maximum atomic E-state index is 13.2. The fraction of sp³-hybridized carbons (Fsp3) is 0.619. The molecule has 4 nitrogen and oxygen atoms in total. The SMILES string of the molecule is Cn1cccc1/C=C1\SC(=NC2CCCCC2)N(C2CCCCC2)C1=O. The molecule has 2 aliphatic carbocycles. The molecule has 2 heterocycles. The fourth-order valence-electron chi connectivity index (χ4n) is 4.36. The topological polar surface area (TPSA) is 37.6 Å². The Kier molecular flexibility index (Phi) is 5.53. The summed E-state index contributed by atoms with van der Waals surface area (Å²) in [4.78, 5) is 21.2. The van der Waals surface area contributed by atoms with E-state index in [4.69, 9.17) is 4.99 Å². The molecule has 4 rings (SSSR count). The van der Waals surface area contributed by atoms with Crippen LogP contribution in [0.3, 0.4) is 0 Å². The fourth-order valence-corrected chi connectivity index (χ4v) is 5.46. The van der Waals surface area contributed by atoms with Crippen molar-refractivity contribution in [3.05, 3.63) is 28.9 Å². The third-order valence-corrected chi connectivity index (χ3v) is 6.90. The van der Waals surface area contributed by atoms with E-state index in [1.165, 1.54) is 51.4 Å². The van der Waals surface area contributed by atoms with Gasteiger partial charge < -0.3 is 4.57 Å². The second kappa shape index (κ2) is 8.03. The van der Waals surface area contributed by atoms with Crippen molar-refractivity contribution in [2.75, 3.05) is 0 Å². The van der Waals surface area contributed by atoms with Gasteiger partial charge in [-0.15, -0.1) is 0 Å². The zero-order valence-corrected chi connectivity index (χ0v) is 16.5. The van der Waals surface area contributed by atoms with Gasteiger partial charge in [-0.1, -0.05) is 38.5 Å². The molecule has 3 fully saturated rings. The lowest BCUT2D eigenvalue weighted by molar-refractivity contribution is -0.124. The average Bonchev–Trinajstić information content (AvgIpc) is 3.20. The molecular formula is C21H29N3OS. The van der Waals surface area contributed by atoms with Crippen molar-refractivity contribution in [1.29, 1.82) is 0 Å². The van der Waals surface area contributed by atoms with Gasteiger partial charge in [0, 0.05) is 25.0 Å². The van der Waals surface area contributed by atoms with Gasteiger partial charge in [0.2, 0.25) is 0 Å². The Labute approximate surface area is 160 Å². The Morgan fingerprint density at radius 1 is 1.08 bits per heavy atom. The lowest BCUT2D eigenvalue weighted by Crippen LogP contribution is -2.41. The maximum Gasteiger partial charge on any atom is 0.267 e. The molecule has 0 unspecified atom stereocenters. The summed E-state index contributed by atoms with van der Waals surface area (Å²) < 4.78 is 2.06. The van der Waals surface area contributed by atoms with Crippen LogP contribution in [-0.2, 0) is 11.8 Å². The van der Waals surface area contributed by atoms with Crippen molar-refractivity contribution in [2.45, 2.75) is 76.3 Å². The van der Waals surface area contributed by atoms with E-state index in [9.17, 15) is 4.79 Å². The van der Waals surface area contributed by atoms with Crippen molar-refractivity contribution in [3.63, 3.8) is 0 Å². The van der Waals surface area contributed by atoms with E-state index >= 15 is 0 Å². The predicted molar refractivity (Wildman–Crippen MR) is 109 cm³/mol. The maximum absolute atomic E-state index is 13.2. The van der Waals surface area contributed by atoms with Crippen LogP contribution in [0.1, 0.15) is 69.9 Å². The second-order valence-electron chi connectivity index (χ2n) is 7.83. The van der Waals surface area contributed by atoms with Gasteiger partial charge in [-0.3, -0.25) is 14.7 Å². The van der Waals surface area contributed by atoms with Crippen molar-refractivity contribution in [2.24, 2.45) is 12.0 Å². The zero-order chi connectivity index (χ0) is 17.9.